The lowest BCUT2D eigenvalue weighted by Gasteiger charge is -2.28. The van der Waals surface area contributed by atoms with Crippen molar-refractivity contribution in [3.63, 3.8) is 0 Å². The van der Waals surface area contributed by atoms with Crippen molar-refractivity contribution >= 4 is 16.5 Å². The van der Waals surface area contributed by atoms with Crippen molar-refractivity contribution in [2.45, 2.75) is 25.2 Å². The van der Waals surface area contributed by atoms with Gasteiger partial charge in [-0.05, 0) is 67.8 Å². The average molecular weight is 447 g/mol. The summed E-state index contributed by atoms with van der Waals surface area (Å²) >= 11 is 0. The molecular weight excluding hydrogens is 418 g/mol. The molecule has 3 nitrogen and oxygen atoms in total. The van der Waals surface area contributed by atoms with Gasteiger partial charge in [-0.15, -0.1) is 0 Å². The van der Waals surface area contributed by atoms with E-state index in [1.54, 1.807) is 18.3 Å². The number of hydrogen-bond acceptors (Lipinski definition) is 3. The van der Waals surface area contributed by atoms with Gasteiger partial charge in [0.05, 0.1) is 11.6 Å². The average Bonchev–Trinajstić information content (AvgIpc) is 3.33. The van der Waals surface area contributed by atoms with Crippen molar-refractivity contribution in [3.8, 4) is 0 Å². The molecule has 1 unspecified atom stereocenters. The lowest BCUT2D eigenvalue weighted by Crippen LogP contribution is -2.30. The van der Waals surface area contributed by atoms with Crippen molar-refractivity contribution in [2.24, 2.45) is 0 Å². The molecular formula is C28H28F2N2O. The Kier molecular flexibility index (Phi) is 7.30. The highest BCUT2D eigenvalue weighted by Crippen LogP contribution is 2.32. The summed E-state index contributed by atoms with van der Waals surface area (Å²) in [5, 5.41) is 0.527. The Hall–Kier alpha value is -3.31. The van der Waals surface area contributed by atoms with Gasteiger partial charge in [-0.1, -0.05) is 36.9 Å². The summed E-state index contributed by atoms with van der Waals surface area (Å²) in [7, 11) is 0. The number of benzene rings is 1. The van der Waals surface area contributed by atoms with Crippen LogP contribution in [0, 0.1) is 5.82 Å². The lowest BCUT2D eigenvalue weighted by molar-refractivity contribution is 0.287. The number of allylic oxidation sites excluding steroid dienone is 4. The first-order valence-electron chi connectivity index (χ1n) is 11.2. The molecule has 1 aliphatic rings. The predicted molar refractivity (Wildman–Crippen MR) is 130 cm³/mol. The maximum Gasteiger partial charge on any atom is 0.144 e. The molecule has 0 amide bonds. The van der Waals surface area contributed by atoms with Crippen LogP contribution in [0.5, 0.6) is 0 Å². The molecule has 0 saturated carbocycles. The lowest BCUT2D eigenvalue weighted by atomic mass is 9.92. The van der Waals surface area contributed by atoms with Gasteiger partial charge in [-0.2, -0.15) is 0 Å². The third kappa shape index (κ3) is 5.74. The van der Waals surface area contributed by atoms with Crippen molar-refractivity contribution in [3.05, 3.63) is 109 Å². The van der Waals surface area contributed by atoms with E-state index in [4.69, 9.17) is 4.42 Å². The van der Waals surface area contributed by atoms with Crippen LogP contribution in [0.25, 0.3) is 16.5 Å². The molecule has 1 atom stereocenters. The summed E-state index contributed by atoms with van der Waals surface area (Å²) in [4.78, 5) is 6.95. The number of pyridine rings is 1. The minimum atomic E-state index is -0.477. The summed E-state index contributed by atoms with van der Waals surface area (Å²) in [6.07, 6.45) is 11.1. The Morgan fingerprint density at radius 3 is 2.79 bits per heavy atom. The second-order valence-corrected chi connectivity index (χ2v) is 8.42. The van der Waals surface area contributed by atoms with Gasteiger partial charge in [0.1, 0.15) is 17.2 Å². The molecule has 0 bridgehead atoms. The molecule has 1 aromatic carbocycles. The summed E-state index contributed by atoms with van der Waals surface area (Å²) in [6, 6.07) is 10.9. The number of hydrogen-bond donors (Lipinski definition) is 0. The summed E-state index contributed by atoms with van der Waals surface area (Å²) in [5.41, 5.74) is 4.65. The van der Waals surface area contributed by atoms with E-state index in [9.17, 15) is 8.78 Å². The summed E-state index contributed by atoms with van der Waals surface area (Å²) < 4.78 is 32.5. The van der Waals surface area contributed by atoms with Crippen molar-refractivity contribution in [1.82, 2.24) is 9.88 Å². The number of aromatic nitrogens is 1. The van der Waals surface area contributed by atoms with Gasteiger partial charge in [0, 0.05) is 36.5 Å². The molecule has 2 aromatic heterocycles. The molecule has 0 spiro atoms. The van der Waals surface area contributed by atoms with Crippen LogP contribution in [0.2, 0.25) is 0 Å². The molecule has 0 saturated heterocycles. The van der Waals surface area contributed by atoms with Crippen LogP contribution in [-0.2, 0) is 0 Å². The molecule has 0 radical (unpaired) electrons. The standard InChI is InChI=1S/C28H28F2N2O/c1-20(6-7-21(2)29)19-23(27-5-3-4-14-31-27)12-17-32-15-10-22(11-16-32)24-8-9-26(30)25-13-18-33-28(24)25/h3-10,13-14,18,23H,1-2,11-12,15-17,19H2/b7-6-. The topological polar surface area (TPSA) is 29.3 Å². The van der Waals surface area contributed by atoms with E-state index in [-0.39, 0.29) is 11.7 Å². The zero-order valence-corrected chi connectivity index (χ0v) is 18.6. The quantitative estimate of drug-likeness (QED) is 0.325. The molecule has 4 rings (SSSR count). The predicted octanol–water partition coefficient (Wildman–Crippen LogP) is 7.22. The molecule has 3 heterocycles. The second kappa shape index (κ2) is 10.5. The molecule has 3 aromatic rings. The monoisotopic (exact) mass is 446 g/mol. The van der Waals surface area contributed by atoms with Gasteiger partial charge in [0.15, 0.2) is 0 Å². The zero-order chi connectivity index (χ0) is 23.2. The van der Waals surface area contributed by atoms with Gasteiger partial charge in [-0.3, -0.25) is 9.88 Å². The van der Waals surface area contributed by atoms with Crippen LogP contribution in [-0.4, -0.2) is 29.5 Å². The van der Waals surface area contributed by atoms with Crippen molar-refractivity contribution in [2.75, 3.05) is 19.6 Å². The van der Waals surface area contributed by atoms with Crippen molar-refractivity contribution in [1.29, 1.82) is 0 Å². The van der Waals surface area contributed by atoms with E-state index in [1.165, 1.54) is 24.0 Å². The van der Waals surface area contributed by atoms with E-state index in [1.807, 2.05) is 24.3 Å². The van der Waals surface area contributed by atoms with E-state index in [2.05, 4.69) is 29.1 Å². The molecule has 0 fully saturated rings. The van der Waals surface area contributed by atoms with Gasteiger partial charge < -0.3 is 4.42 Å². The van der Waals surface area contributed by atoms with Crippen LogP contribution in [0.4, 0.5) is 8.78 Å². The Morgan fingerprint density at radius 2 is 2.06 bits per heavy atom. The van der Waals surface area contributed by atoms with Crippen LogP contribution in [0.1, 0.15) is 36.4 Å². The Balaban J connectivity index is 1.41. The third-order valence-corrected chi connectivity index (χ3v) is 6.11. The van der Waals surface area contributed by atoms with Gasteiger partial charge in [-0.25, -0.2) is 8.78 Å². The SMILES string of the molecule is C=C(F)/C=C\C(=C)CC(CCN1CC=C(c2ccc(F)c3ccoc23)CC1)c1ccccn1. The minimum Gasteiger partial charge on any atom is -0.464 e. The Labute approximate surface area is 193 Å². The molecule has 33 heavy (non-hydrogen) atoms. The highest BCUT2D eigenvalue weighted by Gasteiger charge is 2.20. The minimum absolute atomic E-state index is 0.196. The van der Waals surface area contributed by atoms with Crippen LogP contribution in [0.3, 0.4) is 0 Å². The highest BCUT2D eigenvalue weighted by atomic mass is 19.1. The number of fused-ring (bicyclic) bond motifs is 1. The number of nitrogens with zero attached hydrogens (tertiary/aromatic N) is 2. The molecule has 1 aliphatic heterocycles. The summed E-state index contributed by atoms with van der Waals surface area (Å²) in [6.45, 7) is 10.00. The van der Waals surface area contributed by atoms with E-state index >= 15 is 0 Å². The van der Waals surface area contributed by atoms with E-state index < -0.39 is 5.83 Å². The fourth-order valence-corrected chi connectivity index (χ4v) is 4.34. The van der Waals surface area contributed by atoms with Crippen LogP contribution < -0.4 is 0 Å². The third-order valence-electron chi connectivity index (χ3n) is 6.11. The number of halogens is 2. The molecule has 5 heteroatoms. The number of furan rings is 1. The Morgan fingerprint density at radius 1 is 1.18 bits per heavy atom. The normalized spacial score (nSPS) is 15.6. The van der Waals surface area contributed by atoms with Crippen LogP contribution in [0.15, 0.2) is 96.1 Å². The fourth-order valence-electron chi connectivity index (χ4n) is 4.34. The molecule has 0 N–H and O–H groups in total. The first-order valence-corrected chi connectivity index (χ1v) is 11.2. The van der Waals surface area contributed by atoms with Gasteiger partial charge >= 0.3 is 0 Å². The molecule has 0 aliphatic carbocycles. The first-order chi connectivity index (χ1) is 16.0. The smallest absolute Gasteiger partial charge is 0.144 e. The second-order valence-electron chi connectivity index (χ2n) is 8.42. The Bertz CT molecular complexity index is 1190. The van der Waals surface area contributed by atoms with Crippen LogP contribution >= 0.6 is 0 Å². The first kappa shape index (κ1) is 22.9. The maximum atomic E-state index is 14.0. The van der Waals surface area contributed by atoms with Gasteiger partial charge in [0.2, 0.25) is 0 Å². The largest absolute Gasteiger partial charge is 0.464 e. The maximum absolute atomic E-state index is 14.0. The zero-order valence-electron chi connectivity index (χ0n) is 18.6. The highest BCUT2D eigenvalue weighted by molar-refractivity contribution is 5.90. The van der Waals surface area contributed by atoms with E-state index in [0.29, 0.717) is 17.4 Å². The van der Waals surface area contributed by atoms with Crippen molar-refractivity contribution < 1.29 is 13.2 Å². The summed E-state index contributed by atoms with van der Waals surface area (Å²) in [5.74, 6) is -0.538. The molecule has 170 valence electrons. The fraction of sp³-hybridized carbons (Fsp3) is 0.250. The van der Waals surface area contributed by atoms with E-state index in [0.717, 1.165) is 49.3 Å². The number of rotatable bonds is 9. The van der Waals surface area contributed by atoms with Gasteiger partial charge in [0.25, 0.3) is 0 Å².